The highest BCUT2D eigenvalue weighted by Crippen LogP contribution is 2.32. The van der Waals surface area contributed by atoms with Gasteiger partial charge in [-0.2, -0.15) is 18.2 Å². The number of aryl methyl sites for hydroxylation is 1. The van der Waals surface area contributed by atoms with E-state index in [2.05, 4.69) is 25.9 Å². The Morgan fingerprint density at radius 2 is 1.90 bits per heavy atom. The van der Waals surface area contributed by atoms with Crippen molar-refractivity contribution in [3.63, 3.8) is 0 Å². The SMILES string of the molecule is Cc1cc(Oc2cc(C(F)(F)F)nc(Cl)n2)ccc1Br. The Morgan fingerprint density at radius 1 is 1.20 bits per heavy atom. The molecule has 2 aromatic rings. The molecule has 2 rings (SSSR count). The van der Waals surface area contributed by atoms with Crippen LogP contribution in [0.15, 0.2) is 28.7 Å². The topological polar surface area (TPSA) is 35.0 Å². The summed E-state index contributed by atoms with van der Waals surface area (Å²) < 4.78 is 43.9. The van der Waals surface area contributed by atoms with Crippen LogP contribution in [-0.2, 0) is 6.18 Å². The lowest BCUT2D eigenvalue weighted by atomic mass is 10.2. The van der Waals surface area contributed by atoms with Crippen LogP contribution in [0.1, 0.15) is 11.3 Å². The maximum absolute atomic E-state index is 12.6. The number of hydrogen-bond donors (Lipinski definition) is 0. The number of benzene rings is 1. The Morgan fingerprint density at radius 3 is 2.50 bits per heavy atom. The summed E-state index contributed by atoms with van der Waals surface area (Å²) in [7, 11) is 0. The molecule has 8 heteroatoms. The zero-order chi connectivity index (χ0) is 14.9. The zero-order valence-corrected chi connectivity index (χ0v) is 12.3. The number of hydrogen-bond acceptors (Lipinski definition) is 3. The number of aromatic nitrogens is 2. The lowest BCUT2D eigenvalue weighted by Gasteiger charge is -2.10. The van der Waals surface area contributed by atoms with Gasteiger partial charge in [-0.25, -0.2) is 4.98 Å². The molecule has 0 N–H and O–H groups in total. The molecule has 0 saturated carbocycles. The van der Waals surface area contributed by atoms with Gasteiger partial charge in [-0.05, 0) is 42.3 Å². The Hall–Kier alpha value is -1.34. The first-order chi connectivity index (χ1) is 9.25. The summed E-state index contributed by atoms with van der Waals surface area (Å²) in [6, 6.07) is 5.68. The number of alkyl halides is 3. The van der Waals surface area contributed by atoms with Crippen LogP contribution >= 0.6 is 27.5 Å². The largest absolute Gasteiger partial charge is 0.439 e. The van der Waals surface area contributed by atoms with Crippen molar-refractivity contribution < 1.29 is 17.9 Å². The fraction of sp³-hybridized carbons (Fsp3) is 0.167. The second kappa shape index (κ2) is 5.57. The highest BCUT2D eigenvalue weighted by Gasteiger charge is 2.34. The van der Waals surface area contributed by atoms with Gasteiger partial charge < -0.3 is 4.74 Å². The number of halogens is 5. The molecule has 1 aromatic heterocycles. The van der Waals surface area contributed by atoms with Crippen molar-refractivity contribution in [3.05, 3.63) is 45.3 Å². The molecule has 0 aliphatic carbocycles. The van der Waals surface area contributed by atoms with Crippen molar-refractivity contribution in [1.29, 1.82) is 0 Å². The van der Waals surface area contributed by atoms with Crippen molar-refractivity contribution in [1.82, 2.24) is 9.97 Å². The predicted molar refractivity (Wildman–Crippen MR) is 71.0 cm³/mol. The molecule has 0 aliphatic rings. The number of nitrogens with zero attached hydrogens (tertiary/aromatic N) is 2. The standard InChI is InChI=1S/C12H7BrClF3N2O/c1-6-4-7(2-3-8(6)13)20-10-5-9(12(15,16)17)18-11(14)19-10/h2-5H,1H3. The van der Waals surface area contributed by atoms with Crippen LogP contribution in [0.25, 0.3) is 0 Å². The minimum absolute atomic E-state index is 0.265. The summed E-state index contributed by atoms with van der Waals surface area (Å²) in [5.41, 5.74) is -0.278. The van der Waals surface area contributed by atoms with Gasteiger partial charge in [0.25, 0.3) is 0 Å². The van der Waals surface area contributed by atoms with Crippen LogP contribution in [0.4, 0.5) is 13.2 Å². The van der Waals surface area contributed by atoms with Crippen molar-refractivity contribution in [2.75, 3.05) is 0 Å². The molecule has 20 heavy (non-hydrogen) atoms. The summed E-state index contributed by atoms with van der Waals surface area (Å²) in [6.07, 6.45) is -4.61. The van der Waals surface area contributed by atoms with Gasteiger partial charge in [0.05, 0.1) is 0 Å². The maximum atomic E-state index is 12.6. The van der Waals surface area contributed by atoms with Crippen LogP contribution in [-0.4, -0.2) is 9.97 Å². The van der Waals surface area contributed by atoms with Crippen molar-refractivity contribution in [2.24, 2.45) is 0 Å². The van der Waals surface area contributed by atoms with E-state index < -0.39 is 17.2 Å². The number of ether oxygens (including phenoxy) is 1. The average molecular weight is 368 g/mol. The van der Waals surface area contributed by atoms with Gasteiger partial charge in [0.1, 0.15) is 5.75 Å². The van der Waals surface area contributed by atoms with E-state index in [1.165, 1.54) is 0 Å². The second-order valence-electron chi connectivity index (χ2n) is 3.87. The molecule has 1 aromatic carbocycles. The minimum Gasteiger partial charge on any atom is -0.439 e. The average Bonchev–Trinajstić information content (AvgIpc) is 2.32. The fourth-order valence-electron chi connectivity index (χ4n) is 1.40. The predicted octanol–water partition coefficient (Wildman–Crippen LogP) is 5.01. The molecule has 0 atom stereocenters. The molecule has 0 bridgehead atoms. The summed E-state index contributed by atoms with van der Waals surface area (Å²) in [4.78, 5) is 6.74. The molecule has 0 radical (unpaired) electrons. The summed E-state index contributed by atoms with van der Waals surface area (Å²) in [5, 5.41) is -0.524. The van der Waals surface area contributed by atoms with Crippen LogP contribution in [0, 0.1) is 6.92 Å². The molecule has 0 fully saturated rings. The highest BCUT2D eigenvalue weighted by molar-refractivity contribution is 9.10. The lowest BCUT2D eigenvalue weighted by molar-refractivity contribution is -0.141. The third-order valence-corrected chi connectivity index (χ3v) is 3.38. The summed E-state index contributed by atoms with van der Waals surface area (Å²) in [5.74, 6) is 0.0904. The monoisotopic (exact) mass is 366 g/mol. The van der Waals surface area contributed by atoms with Crippen LogP contribution < -0.4 is 4.74 Å². The molecule has 0 spiro atoms. The van der Waals surface area contributed by atoms with Gasteiger partial charge in [0, 0.05) is 10.5 Å². The quantitative estimate of drug-likeness (QED) is 0.700. The van der Waals surface area contributed by atoms with E-state index in [9.17, 15) is 13.2 Å². The summed E-state index contributed by atoms with van der Waals surface area (Å²) in [6.45, 7) is 1.82. The van der Waals surface area contributed by atoms with E-state index in [0.717, 1.165) is 10.0 Å². The van der Waals surface area contributed by atoms with Gasteiger partial charge >= 0.3 is 6.18 Å². The molecule has 1 heterocycles. The minimum atomic E-state index is -4.61. The van der Waals surface area contributed by atoms with Crippen LogP contribution in [0.2, 0.25) is 5.28 Å². The van der Waals surface area contributed by atoms with E-state index >= 15 is 0 Å². The van der Waals surface area contributed by atoms with Crippen LogP contribution in [0.3, 0.4) is 0 Å². The molecule has 0 unspecified atom stereocenters. The maximum Gasteiger partial charge on any atom is 0.433 e. The number of rotatable bonds is 2. The third kappa shape index (κ3) is 3.61. The molecular weight excluding hydrogens is 360 g/mol. The molecule has 0 amide bonds. The molecule has 106 valence electrons. The first-order valence-electron chi connectivity index (χ1n) is 5.31. The molecule has 0 saturated heterocycles. The van der Waals surface area contributed by atoms with Gasteiger partial charge in [-0.1, -0.05) is 15.9 Å². The van der Waals surface area contributed by atoms with E-state index in [4.69, 9.17) is 16.3 Å². The van der Waals surface area contributed by atoms with Gasteiger partial charge in [0.2, 0.25) is 11.2 Å². The smallest absolute Gasteiger partial charge is 0.433 e. The van der Waals surface area contributed by atoms with Crippen LogP contribution in [0.5, 0.6) is 11.6 Å². The van der Waals surface area contributed by atoms with E-state index in [0.29, 0.717) is 11.8 Å². The highest BCUT2D eigenvalue weighted by atomic mass is 79.9. The van der Waals surface area contributed by atoms with E-state index in [1.807, 2.05) is 6.92 Å². The second-order valence-corrected chi connectivity index (χ2v) is 5.06. The van der Waals surface area contributed by atoms with Crippen molar-refractivity contribution >= 4 is 27.5 Å². The fourth-order valence-corrected chi connectivity index (χ4v) is 1.82. The van der Waals surface area contributed by atoms with Crippen molar-refractivity contribution in [3.8, 4) is 11.6 Å². The first kappa shape index (κ1) is 15.1. The van der Waals surface area contributed by atoms with Crippen molar-refractivity contribution in [2.45, 2.75) is 13.1 Å². The third-order valence-electron chi connectivity index (χ3n) is 2.32. The zero-order valence-electron chi connectivity index (χ0n) is 10.0. The first-order valence-corrected chi connectivity index (χ1v) is 6.48. The summed E-state index contributed by atoms with van der Waals surface area (Å²) >= 11 is 8.78. The van der Waals surface area contributed by atoms with Gasteiger partial charge in [-0.3, -0.25) is 0 Å². The Balaban J connectivity index is 2.33. The van der Waals surface area contributed by atoms with E-state index in [-0.39, 0.29) is 5.88 Å². The Kier molecular flexibility index (Phi) is 4.19. The molecule has 3 nitrogen and oxygen atoms in total. The Labute approximate surface area is 125 Å². The van der Waals surface area contributed by atoms with Gasteiger partial charge in [0.15, 0.2) is 5.69 Å². The molecular formula is C12H7BrClF3N2O. The normalized spacial score (nSPS) is 11.5. The Bertz CT molecular complexity index is 649. The van der Waals surface area contributed by atoms with Gasteiger partial charge in [-0.15, -0.1) is 0 Å². The lowest BCUT2D eigenvalue weighted by Crippen LogP contribution is -2.09. The molecule has 0 aliphatic heterocycles. The van der Waals surface area contributed by atoms with E-state index in [1.54, 1.807) is 18.2 Å².